The van der Waals surface area contributed by atoms with Crippen molar-refractivity contribution in [1.82, 2.24) is 20.2 Å². The molecule has 118 valence electrons. The van der Waals surface area contributed by atoms with Gasteiger partial charge in [-0.05, 0) is 12.7 Å². The number of nitrogens with one attached hydrogen (secondary N) is 3. The Labute approximate surface area is 130 Å². The molecule has 0 aromatic carbocycles. The van der Waals surface area contributed by atoms with Crippen LogP contribution in [0.5, 0.6) is 0 Å². The molecule has 0 atom stereocenters. The minimum Gasteiger partial charge on any atom is -0.370 e. The van der Waals surface area contributed by atoms with Crippen LogP contribution < -0.4 is 16.0 Å². The fourth-order valence-corrected chi connectivity index (χ4v) is 1.85. The van der Waals surface area contributed by atoms with Gasteiger partial charge in [-0.25, -0.2) is 14.8 Å². The summed E-state index contributed by atoms with van der Waals surface area (Å²) in [5.41, 5.74) is 0. The van der Waals surface area contributed by atoms with Crippen LogP contribution in [-0.2, 0) is 0 Å². The summed E-state index contributed by atoms with van der Waals surface area (Å²) in [5, 5.41) is 9.95. The fraction of sp³-hybridized carbons (Fsp3) is 0.615. The number of urea groups is 1. The Hall–Kier alpha value is -1.70. The number of amides is 2. The fourth-order valence-electron chi connectivity index (χ4n) is 1.47. The van der Waals surface area contributed by atoms with Crippen LogP contribution in [0.1, 0.15) is 13.3 Å². The highest BCUT2D eigenvalue weighted by Crippen LogP contribution is 2.17. The van der Waals surface area contributed by atoms with Crippen molar-refractivity contribution in [3.8, 4) is 0 Å². The van der Waals surface area contributed by atoms with Gasteiger partial charge in [-0.3, -0.25) is 0 Å². The lowest BCUT2D eigenvalue weighted by Crippen LogP contribution is -2.37. The summed E-state index contributed by atoms with van der Waals surface area (Å²) in [4.78, 5) is 21.7. The third-order valence-corrected chi connectivity index (χ3v) is 3.11. The Morgan fingerprint density at radius 2 is 1.81 bits per heavy atom. The lowest BCUT2D eigenvalue weighted by atomic mass is 10.4. The average molecular weight is 312 g/mol. The van der Waals surface area contributed by atoms with Gasteiger partial charge < -0.3 is 20.9 Å². The van der Waals surface area contributed by atoms with E-state index < -0.39 is 0 Å². The molecule has 0 bridgehead atoms. The molecule has 1 heterocycles. The number of nitrogens with zero attached hydrogens (tertiary/aromatic N) is 3. The van der Waals surface area contributed by atoms with Crippen molar-refractivity contribution in [2.45, 2.75) is 18.5 Å². The van der Waals surface area contributed by atoms with Crippen molar-refractivity contribution in [2.24, 2.45) is 0 Å². The normalized spacial score (nSPS) is 10.1. The molecule has 0 fully saturated rings. The second-order valence-electron chi connectivity index (χ2n) is 4.61. The second-order valence-corrected chi connectivity index (χ2v) is 5.38. The molecule has 0 aliphatic carbocycles. The zero-order valence-electron chi connectivity index (χ0n) is 13.1. The van der Waals surface area contributed by atoms with Crippen molar-refractivity contribution < 1.29 is 4.79 Å². The van der Waals surface area contributed by atoms with E-state index in [9.17, 15) is 4.79 Å². The highest BCUT2D eigenvalue weighted by Gasteiger charge is 2.04. The number of rotatable bonds is 8. The van der Waals surface area contributed by atoms with Crippen LogP contribution in [-0.4, -0.2) is 60.9 Å². The van der Waals surface area contributed by atoms with E-state index in [1.54, 1.807) is 14.1 Å². The lowest BCUT2D eigenvalue weighted by Gasteiger charge is -2.13. The maximum atomic E-state index is 11.4. The van der Waals surface area contributed by atoms with Crippen LogP contribution in [0.3, 0.4) is 0 Å². The SMILES string of the molecule is CCCNc1cc(NCCNC(=O)N(C)C)nc(SC)n1. The summed E-state index contributed by atoms with van der Waals surface area (Å²) >= 11 is 1.50. The molecule has 0 saturated carbocycles. The van der Waals surface area contributed by atoms with E-state index in [-0.39, 0.29) is 6.03 Å². The maximum absolute atomic E-state index is 11.4. The molecule has 3 N–H and O–H groups in total. The molecule has 1 rings (SSSR count). The monoisotopic (exact) mass is 312 g/mol. The average Bonchev–Trinajstić information content (AvgIpc) is 2.48. The Balaban J connectivity index is 2.51. The van der Waals surface area contributed by atoms with Crippen molar-refractivity contribution in [2.75, 3.05) is 50.6 Å². The highest BCUT2D eigenvalue weighted by atomic mass is 32.2. The van der Waals surface area contributed by atoms with Gasteiger partial charge in [-0.1, -0.05) is 18.7 Å². The molecule has 2 amide bonds. The largest absolute Gasteiger partial charge is 0.370 e. The smallest absolute Gasteiger partial charge is 0.316 e. The van der Waals surface area contributed by atoms with Crippen molar-refractivity contribution >= 4 is 29.4 Å². The van der Waals surface area contributed by atoms with Gasteiger partial charge in [-0.2, -0.15) is 0 Å². The van der Waals surface area contributed by atoms with E-state index >= 15 is 0 Å². The number of anilines is 2. The molecule has 0 aliphatic rings. The Kier molecular flexibility index (Phi) is 7.66. The first-order chi connectivity index (χ1) is 10.1. The molecule has 0 unspecified atom stereocenters. The summed E-state index contributed by atoms with van der Waals surface area (Å²) in [6.07, 6.45) is 2.98. The van der Waals surface area contributed by atoms with E-state index in [2.05, 4.69) is 32.8 Å². The van der Waals surface area contributed by atoms with E-state index in [1.807, 2.05) is 12.3 Å². The third kappa shape index (κ3) is 6.52. The number of carbonyl (C=O) groups is 1. The zero-order chi connectivity index (χ0) is 15.7. The van der Waals surface area contributed by atoms with Gasteiger partial charge in [-0.15, -0.1) is 0 Å². The van der Waals surface area contributed by atoms with E-state index in [1.165, 1.54) is 16.7 Å². The molecule has 0 radical (unpaired) electrons. The van der Waals surface area contributed by atoms with Crippen LogP contribution in [0.4, 0.5) is 16.4 Å². The molecule has 1 aromatic heterocycles. The van der Waals surface area contributed by atoms with Gasteiger partial charge >= 0.3 is 6.03 Å². The molecule has 1 aromatic rings. The van der Waals surface area contributed by atoms with Gasteiger partial charge in [0.2, 0.25) is 0 Å². The van der Waals surface area contributed by atoms with Crippen LogP contribution in [0, 0.1) is 0 Å². The summed E-state index contributed by atoms with van der Waals surface area (Å²) in [6, 6.07) is 1.78. The number of hydrogen-bond acceptors (Lipinski definition) is 6. The standard InChI is InChI=1S/C13H24N6OS/c1-5-6-14-10-9-11(18-12(17-10)21-4)15-7-8-16-13(20)19(2)3/h9H,5-8H2,1-4H3,(H,16,20)(H2,14,15,17,18). The summed E-state index contributed by atoms with van der Waals surface area (Å²) < 4.78 is 0. The second kappa shape index (κ2) is 9.28. The molecule has 0 saturated heterocycles. The Bertz CT molecular complexity index is 454. The molecular formula is C13H24N6OS. The first-order valence-corrected chi connectivity index (χ1v) is 8.15. The first-order valence-electron chi connectivity index (χ1n) is 6.92. The minimum absolute atomic E-state index is 0.102. The number of aromatic nitrogens is 2. The lowest BCUT2D eigenvalue weighted by molar-refractivity contribution is 0.218. The van der Waals surface area contributed by atoms with Crippen LogP contribution in [0.25, 0.3) is 0 Å². The summed E-state index contributed by atoms with van der Waals surface area (Å²) in [7, 11) is 3.42. The van der Waals surface area contributed by atoms with E-state index in [0.29, 0.717) is 13.1 Å². The molecule has 7 nitrogen and oxygen atoms in total. The number of thioether (sulfide) groups is 1. The van der Waals surface area contributed by atoms with Crippen LogP contribution >= 0.6 is 11.8 Å². The zero-order valence-corrected chi connectivity index (χ0v) is 13.9. The Morgan fingerprint density at radius 3 is 2.33 bits per heavy atom. The number of hydrogen-bond donors (Lipinski definition) is 3. The molecule has 0 aliphatic heterocycles. The van der Waals surface area contributed by atoms with Crippen molar-refractivity contribution in [3.05, 3.63) is 6.07 Å². The third-order valence-electron chi connectivity index (χ3n) is 2.56. The summed E-state index contributed by atoms with van der Waals surface area (Å²) in [5.74, 6) is 1.57. The van der Waals surface area contributed by atoms with Gasteiger partial charge in [0.15, 0.2) is 5.16 Å². The number of carbonyl (C=O) groups excluding carboxylic acids is 1. The predicted octanol–water partition coefficient (Wildman–Crippen LogP) is 1.70. The van der Waals surface area contributed by atoms with E-state index in [4.69, 9.17) is 0 Å². The first kappa shape index (κ1) is 17.4. The topological polar surface area (TPSA) is 82.2 Å². The van der Waals surface area contributed by atoms with Crippen LogP contribution in [0.15, 0.2) is 11.2 Å². The van der Waals surface area contributed by atoms with Crippen LogP contribution in [0.2, 0.25) is 0 Å². The van der Waals surface area contributed by atoms with E-state index in [0.717, 1.165) is 29.8 Å². The Morgan fingerprint density at radius 1 is 1.19 bits per heavy atom. The van der Waals surface area contributed by atoms with Gasteiger partial charge in [0.05, 0.1) is 0 Å². The molecule has 21 heavy (non-hydrogen) atoms. The van der Waals surface area contributed by atoms with Gasteiger partial charge in [0.1, 0.15) is 11.6 Å². The molecule has 0 spiro atoms. The highest BCUT2D eigenvalue weighted by molar-refractivity contribution is 7.98. The maximum Gasteiger partial charge on any atom is 0.316 e. The molecule has 8 heteroatoms. The van der Waals surface area contributed by atoms with Crippen molar-refractivity contribution in [1.29, 1.82) is 0 Å². The predicted molar refractivity (Wildman–Crippen MR) is 88.2 cm³/mol. The molecular weight excluding hydrogens is 288 g/mol. The minimum atomic E-state index is -0.102. The summed E-state index contributed by atoms with van der Waals surface area (Å²) in [6.45, 7) is 4.13. The quantitative estimate of drug-likeness (QED) is 0.385. The van der Waals surface area contributed by atoms with Crippen molar-refractivity contribution in [3.63, 3.8) is 0 Å². The van der Waals surface area contributed by atoms with Gasteiger partial charge in [0, 0.05) is 39.8 Å². The van der Waals surface area contributed by atoms with Gasteiger partial charge in [0.25, 0.3) is 0 Å².